The lowest BCUT2D eigenvalue weighted by atomic mass is 9.84. The van der Waals surface area contributed by atoms with Gasteiger partial charge in [0.05, 0.1) is 19.1 Å². The number of carbonyl (C=O) groups is 2. The lowest BCUT2D eigenvalue weighted by Crippen LogP contribution is -2.47. The molecule has 1 aliphatic heterocycles. The number of methoxy groups -OCH3 is 1. The molecule has 1 saturated heterocycles. The van der Waals surface area contributed by atoms with Crippen LogP contribution in [0.15, 0.2) is 24.3 Å². The van der Waals surface area contributed by atoms with E-state index in [4.69, 9.17) is 4.74 Å². The van der Waals surface area contributed by atoms with Crippen LogP contribution >= 0.6 is 12.4 Å². The summed E-state index contributed by atoms with van der Waals surface area (Å²) in [5, 5.41) is 5.95. The zero-order valence-electron chi connectivity index (χ0n) is 14.4. The van der Waals surface area contributed by atoms with Crippen LogP contribution in [0.3, 0.4) is 0 Å². The van der Waals surface area contributed by atoms with Gasteiger partial charge in [-0.2, -0.15) is 0 Å². The Morgan fingerprint density at radius 2 is 1.96 bits per heavy atom. The average Bonchev–Trinajstić information content (AvgIpc) is 2.57. The average molecular weight is 356 g/mol. The first-order chi connectivity index (χ1) is 11.1. The van der Waals surface area contributed by atoms with Crippen LogP contribution in [0.2, 0.25) is 0 Å². The van der Waals surface area contributed by atoms with Gasteiger partial charge in [-0.1, -0.05) is 12.1 Å². The fourth-order valence-corrected chi connectivity index (χ4v) is 3.01. The summed E-state index contributed by atoms with van der Waals surface area (Å²) in [6, 6.07) is 7.33. The van der Waals surface area contributed by atoms with Crippen molar-refractivity contribution in [2.45, 2.75) is 18.9 Å². The van der Waals surface area contributed by atoms with Crippen molar-refractivity contribution in [1.82, 2.24) is 15.5 Å². The van der Waals surface area contributed by atoms with Crippen molar-refractivity contribution in [3.05, 3.63) is 29.8 Å². The lowest BCUT2D eigenvalue weighted by Gasteiger charge is -2.38. The van der Waals surface area contributed by atoms with Gasteiger partial charge in [-0.3, -0.25) is 9.59 Å². The molecule has 2 rings (SSSR count). The van der Waals surface area contributed by atoms with Gasteiger partial charge >= 0.3 is 0 Å². The Morgan fingerprint density at radius 1 is 1.29 bits per heavy atom. The second-order valence-electron chi connectivity index (χ2n) is 5.76. The summed E-state index contributed by atoms with van der Waals surface area (Å²) in [5.74, 6) is 0.599. The molecule has 2 N–H and O–H groups in total. The SMILES string of the molecule is CNCCNC(=O)C1CCC(=O)N(C)C1c1ccc(OC)cc1.Cl. The van der Waals surface area contributed by atoms with E-state index in [0.29, 0.717) is 19.4 Å². The molecule has 24 heavy (non-hydrogen) atoms. The summed E-state index contributed by atoms with van der Waals surface area (Å²) >= 11 is 0. The van der Waals surface area contributed by atoms with Crippen molar-refractivity contribution in [1.29, 1.82) is 0 Å². The summed E-state index contributed by atoms with van der Waals surface area (Å²) in [7, 11) is 5.23. The van der Waals surface area contributed by atoms with Gasteiger partial charge in [0.25, 0.3) is 0 Å². The van der Waals surface area contributed by atoms with E-state index >= 15 is 0 Å². The van der Waals surface area contributed by atoms with E-state index in [9.17, 15) is 9.59 Å². The highest BCUT2D eigenvalue weighted by atomic mass is 35.5. The molecule has 2 atom stereocenters. The maximum absolute atomic E-state index is 12.5. The van der Waals surface area contributed by atoms with Crippen LogP contribution in [0.4, 0.5) is 0 Å². The molecule has 1 aromatic rings. The summed E-state index contributed by atoms with van der Waals surface area (Å²) in [5.41, 5.74) is 0.954. The minimum absolute atomic E-state index is 0. The molecular weight excluding hydrogens is 330 g/mol. The third-order valence-electron chi connectivity index (χ3n) is 4.33. The molecule has 0 aliphatic carbocycles. The molecule has 1 aliphatic rings. The van der Waals surface area contributed by atoms with Crippen LogP contribution in [-0.4, -0.2) is 51.0 Å². The van der Waals surface area contributed by atoms with Crippen molar-refractivity contribution < 1.29 is 14.3 Å². The van der Waals surface area contributed by atoms with E-state index in [2.05, 4.69) is 10.6 Å². The van der Waals surface area contributed by atoms with Crippen LogP contribution in [0.25, 0.3) is 0 Å². The molecule has 2 amide bonds. The number of likely N-dealkylation sites (tertiary alicyclic amines) is 1. The monoisotopic (exact) mass is 355 g/mol. The standard InChI is InChI=1S/C17H25N3O3.ClH/c1-18-10-11-19-17(22)14-8-9-15(21)20(2)16(14)12-4-6-13(23-3)7-5-12;/h4-7,14,16,18H,8-11H2,1-3H3,(H,19,22);1H. The van der Waals surface area contributed by atoms with Gasteiger partial charge in [0.1, 0.15) is 5.75 Å². The number of rotatable bonds is 6. The number of hydrogen-bond acceptors (Lipinski definition) is 4. The number of amides is 2. The van der Waals surface area contributed by atoms with Crippen LogP contribution in [0.1, 0.15) is 24.4 Å². The topological polar surface area (TPSA) is 70.7 Å². The van der Waals surface area contributed by atoms with E-state index in [1.54, 1.807) is 19.1 Å². The summed E-state index contributed by atoms with van der Waals surface area (Å²) in [6.45, 7) is 1.30. The second-order valence-corrected chi connectivity index (χ2v) is 5.76. The maximum Gasteiger partial charge on any atom is 0.225 e. The number of nitrogens with one attached hydrogen (secondary N) is 2. The molecule has 134 valence electrons. The fourth-order valence-electron chi connectivity index (χ4n) is 3.01. The molecule has 6 nitrogen and oxygen atoms in total. The van der Waals surface area contributed by atoms with Crippen molar-refractivity contribution in [3.8, 4) is 5.75 Å². The maximum atomic E-state index is 12.5. The van der Waals surface area contributed by atoms with E-state index in [0.717, 1.165) is 17.9 Å². The predicted molar refractivity (Wildman–Crippen MR) is 95.4 cm³/mol. The lowest BCUT2D eigenvalue weighted by molar-refractivity contribution is -0.141. The highest BCUT2D eigenvalue weighted by molar-refractivity contribution is 5.85. The first-order valence-electron chi connectivity index (χ1n) is 7.90. The summed E-state index contributed by atoms with van der Waals surface area (Å²) < 4.78 is 5.18. The van der Waals surface area contributed by atoms with Crippen molar-refractivity contribution >= 4 is 24.2 Å². The number of hydrogen-bond donors (Lipinski definition) is 2. The Bertz CT molecular complexity index is 551. The van der Waals surface area contributed by atoms with Gasteiger partial charge in [-0.15, -0.1) is 12.4 Å². The Hall–Kier alpha value is -1.79. The van der Waals surface area contributed by atoms with Crippen molar-refractivity contribution in [3.63, 3.8) is 0 Å². The molecule has 1 heterocycles. The summed E-state index contributed by atoms with van der Waals surface area (Å²) in [4.78, 5) is 26.3. The number of likely N-dealkylation sites (N-methyl/N-ethyl adjacent to an activating group) is 1. The van der Waals surface area contributed by atoms with E-state index in [1.165, 1.54) is 0 Å². The minimum atomic E-state index is -0.239. The van der Waals surface area contributed by atoms with Crippen molar-refractivity contribution in [2.75, 3.05) is 34.3 Å². The molecule has 0 bridgehead atoms. The van der Waals surface area contributed by atoms with Crippen LogP contribution < -0.4 is 15.4 Å². The second kappa shape index (κ2) is 9.49. The number of carbonyl (C=O) groups excluding carboxylic acids is 2. The zero-order chi connectivity index (χ0) is 16.8. The number of piperidine rings is 1. The fraction of sp³-hybridized carbons (Fsp3) is 0.529. The highest BCUT2D eigenvalue weighted by Gasteiger charge is 2.38. The molecule has 1 aromatic carbocycles. The quantitative estimate of drug-likeness (QED) is 0.756. The molecule has 7 heteroatoms. The smallest absolute Gasteiger partial charge is 0.225 e. The Morgan fingerprint density at radius 3 is 2.54 bits per heavy atom. The van der Waals surface area contributed by atoms with Gasteiger partial charge < -0.3 is 20.3 Å². The van der Waals surface area contributed by atoms with Crippen LogP contribution in [0.5, 0.6) is 5.75 Å². The first kappa shape index (κ1) is 20.3. The molecule has 0 saturated carbocycles. The zero-order valence-corrected chi connectivity index (χ0v) is 15.2. The molecular formula is C17H26ClN3O3. The Balaban J connectivity index is 0.00000288. The van der Waals surface area contributed by atoms with Crippen molar-refractivity contribution in [2.24, 2.45) is 5.92 Å². The third kappa shape index (κ3) is 4.61. The third-order valence-corrected chi connectivity index (χ3v) is 4.33. The minimum Gasteiger partial charge on any atom is -0.497 e. The van der Waals surface area contributed by atoms with Crippen LogP contribution in [-0.2, 0) is 9.59 Å². The number of ether oxygens (including phenoxy) is 1. The predicted octanol–water partition coefficient (Wildman–Crippen LogP) is 1.36. The van der Waals surface area contributed by atoms with Gasteiger partial charge in [0.2, 0.25) is 11.8 Å². The van der Waals surface area contributed by atoms with Crippen LogP contribution in [0, 0.1) is 5.92 Å². The number of halogens is 1. The van der Waals surface area contributed by atoms with Gasteiger partial charge in [-0.25, -0.2) is 0 Å². The molecule has 0 spiro atoms. The Kier molecular flexibility index (Phi) is 8.01. The molecule has 1 fully saturated rings. The normalized spacial score (nSPS) is 20.3. The van der Waals surface area contributed by atoms with Gasteiger partial charge in [-0.05, 0) is 31.2 Å². The largest absolute Gasteiger partial charge is 0.497 e. The Labute approximate surface area is 149 Å². The molecule has 0 radical (unpaired) electrons. The molecule has 0 aromatic heterocycles. The number of nitrogens with zero attached hydrogens (tertiary/aromatic N) is 1. The van der Waals surface area contributed by atoms with Gasteiger partial charge in [0.15, 0.2) is 0 Å². The van der Waals surface area contributed by atoms with E-state index in [1.807, 2.05) is 31.3 Å². The van der Waals surface area contributed by atoms with Gasteiger partial charge in [0, 0.05) is 26.6 Å². The highest BCUT2D eigenvalue weighted by Crippen LogP contribution is 2.36. The van der Waals surface area contributed by atoms with E-state index in [-0.39, 0.29) is 36.2 Å². The summed E-state index contributed by atoms with van der Waals surface area (Å²) in [6.07, 6.45) is 0.985. The van der Waals surface area contributed by atoms with E-state index < -0.39 is 0 Å². The number of benzene rings is 1. The molecule has 2 unspecified atom stereocenters. The first-order valence-corrected chi connectivity index (χ1v) is 7.90.